The summed E-state index contributed by atoms with van der Waals surface area (Å²) in [5, 5.41) is 19.6. The van der Waals surface area contributed by atoms with Gasteiger partial charge in [-0.15, -0.1) is 0 Å². The van der Waals surface area contributed by atoms with Gasteiger partial charge < -0.3 is 9.84 Å². The van der Waals surface area contributed by atoms with E-state index in [0.29, 0.717) is 5.69 Å². The summed E-state index contributed by atoms with van der Waals surface area (Å²) in [5.74, 6) is -0.167. The largest absolute Gasteiger partial charge is 0.494 e. The quantitative estimate of drug-likeness (QED) is 0.553. The zero-order valence-corrected chi connectivity index (χ0v) is 18.3. The highest BCUT2D eigenvalue weighted by Crippen LogP contribution is 2.31. The molecule has 164 valence electrons. The van der Waals surface area contributed by atoms with Crippen LogP contribution in [-0.2, 0) is 17.1 Å². The second-order valence-electron chi connectivity index (χ2n) is 6.78. The van der Waals surface area contributed by atoms with Crippen LogP contribution in [0.3, 0.4) is 0 Å². The molecule has 9 nitrogen and oxygen atoms in total. The Balaban J connectivity index is 2.00. The van der Waals surface area contributed by atoms with Crippen LogP contribution in [0.25, 0.3) is 0 Å². The van der Waals surface area contributed by atoms with Gasteiger partial charge in [0.15, 0.2) is 0 Å². The highest BCUT2D eigenvalue weighted by atomic mass is 32.2. The van der Waals surface area contributed by atoms with Crippen molar-refractivity contribution in [2.24, 2.45) is 12.0 Å². The molecule has 2 N–H and O–H groups in total. The molecule has 0 aliphatic carbocycles. The van der Waals surface area contributed by atoms with Crippen molar-refractivity contribution >= 4 is 27.6 Å². The Bertz CT molecular complexity index is 1400. The van der Waals surface area contributed by atoms with Crippen LogP contribution in [0.5, 0.6) is 11.6 Å². The summed E-state index contributed by atoms with van der Waals surface area (Å²) >= 11 is 0. The second kappa shape index (κ2) is 8.95. The van der Waals surface area contributed by atoms with E-state index in [0.717, 1.165) is 4.57 Å². The van der Waals surface area contributed by atoms with Gasteiger partial charge in [-0.1, -0.05) is 18.2 Å². The number of nitrogens with one attached hydrogen (secondary N) is 1. The number of rotatable bonds is 6. The third kappa shape index (κ3) is 4.33. The first-order chi connectivity index (χ1) is 15.2. The number of nitrogens with zero attached hydrogens (tertiary/aromatic N) is 3. The van der Waals surface area contributed by atoms with E-state index in [-0.39, 0.29) is 38.9 Å². The van der Waals surface area contributed by atoms with Crippen molar-refractivity contribution in [3.05, 3.63) is 75.6 Å². The van der Waals surface area contributed by atoms with Crippen LogP contribution in [-0.4, -0.2) is 31.4 Å². The minimum Gasteiger partial charge on any atom is -0.494 e. The van der Waals surface area contributed by atoms with Gasteiger partial charge in [0.25, 0.3) is 15.6 Å². The molecule has 32 heavy (non-hydrogen) atoms. The van der Waals surface area contributed by atoms with E-state index >= 15 is 0 Å². The van der Waals surface area contributed by atoms with Crippen LogP contribution in [0.1, 0.15) is 16.7 Å². The molecule has 0 saturated carbocycles. The molecule has 0 bridgehead atoms. The lowest BCUT2D eigenvalue weighted by atomic mass is 10.1. The fraction of sp³-hybridized carbons (Fsp3) is 0.136. The van der Waals surface area contributed by atoms with E-state index in [4.69, 9.17) is 4.74 Å². The van der Waals surface area contributed by atoms with Crippen LogP contribution in [0, 0.1) is 18.3 Å². The number of sulfonamides is 1. The first kappa shape index (κ1) is 22.6. The number of ether oxygens (including phenoxy) is 1. The summed E-state index contributed by atoms with van der Waals surface area (Å²) < 4.78 is 34.1. The van der Waals surface area contributed by atoms with Gasteiger partial charge in [-0.3, -0.25) is 19.1 Å². The summed E-state index contributed by atoms with van der Waals surface area (Å²) in [6.07, 6.45) is 1.29. The molecule has 1 heterocycles. The lowest BCUT2D eigenvalue weighted by Crippen LogP contribution is -2.22. The van der Waals surface area contributed by atoms with E-state index in [9.17, 15) is 23.6 Å². The zero-order valence-electron chi connectivity index (χ0n) is 17.5. The summed E-state index contributed by atoms with van der Waals surface area (Å²) in [6.45, 7) is 1.53. The Morgan fingerprint density at radius 2 is 1.91 bits per heavy atom. The average molecular weight is 452 g/mol. The van der Waals surface area contributed by atoms with Gasteiger partial charge in [0.05, 0.1) is 17.6 Å². The number of benzene rings is 2. The first-order valence-corrected chi connectivity index (χ1v) is 10.8. The van der Waals surface area contributed by atoms with Crippen molar-refractivity contribution in [3.8, 4) is 17.7 Å². The van der Waals surface area contributed by atoms with Crippen molar-refractivity contribution in [3.63, 3.8) is 0 Å². The summed E-state index contributed by atoms with van der Waals surface area (Å²) in [7, 11) is -1.14. The Kier molecular flexibility index (Phi) is 6.32. The fourth-order valence-electron chi connectivity index (χ4n) is 2.98. The average Bonchev–Trinajstić information content (AvgIpc) is 2.78. The van der Waals surface area contributed by atoms with Crippen molar-refractivity contribution < 1.29 is 18.3 Å². The molecule has 2 aromatic carbocycles. The molecule has 0 radical (unpaired) electrons. The normalized spacial score (nSPS) is 11.3. The second-order valence-corrected chi connectivity index (χ2v) is 8.46. The molecule has 0 aliphatic rings. The van der Waals surface area contributed by atoms with Crippen LogP contribution >= 0.6 is 0 Å². The number of aromatic hydroxyl groups is 1. The highest BCUT2D eigenvalue weighted by Gasteiger charge is 2.18. The number of aliphatic imine (C=N–C) groups is 1. The molecule has 0 unspecified atom stereocenters. The van der Waals surface area contributed by atoms with Gasteiger partial charge in [-0.25, -0.2) is 8.42 Å². The van der Waals surface area contributed by atoms with Crippen molar-refractivity contribution in [1.82, 2.24) is 4.57 Å². The van der Waals surface area contributed by atoms with Gasteiger partial charge >= 0.3 is 0 Å². The SMILES string of the molecule is COc1cc(S(=O)(=O)Nc2ccccc2)ccc1N=Cc1c(C)c(C#N)c(=O)n(C)c1O. The van der Waals surface area contributed by atoms with Gasteiger partial charge in [0, 0.05) is 25.0 Å². The maximum atomic E-state index is 12.7. The molecule has 0 spiro atoms. The summed E-state index contributed by atoms with van der Waals surface area (Å²) in [6, 6.07) is 14.4. The van der Waals surface area contributed by atoms with Gasteiger partial charge in [-0.05, 0) is 36.8 Å². The third-order valence-corrected chi connectivity index (χ3v) is 6.17. The fourth-order valence-corrected chi connectivity index (χ4v) is 4.05. The van der Waals surface area contributed by atoms with Crippen LogP contribution in [0.4, 0.5) is 11.4 Å². The molecular weight excluding hydrogens is 432 g/mol. The zero-order chi connectivity index (χ0) is 23.5. The molecule has 0 amide bonds. The monoisotopic (exact) mass is 452 g/mol. The molecule has 1 aromatic heterocycles. The van der Waals surface area contributed by atoms with Gasteiger partial charge in [0.1, 0.15) is 23.1 Å². The van der Waals surface area contributed by atoms with E-state index in [1.807, 2.05) is 6.07 Å². The molecule has 0 saturated heterocycles. The Morgan fingerprint density at radius 1 is 1.22 bits per heavy atom. The highest BCUT2D eigenvalue weighted by molar-refractivity contribution is 7.92. The number of nitriles is 1. The standard InChI is InChI=1S/C22H20N4O5S/c1-14-17(12-23)21(27)26(2)22(28)18(14)13-24-19-10-9-16(11-20(19)31-3)32(29,30)25-15-7-5-4-6-8-15/h4-11,13,25,28H,1-3H3. The van der Waals surface area contributed by atoms with Crippen molar-refractivity contribution in [2.45, 2.75) is 11.8 Å². The molecule has 3 aromatic rings. The van der Waals surface area contributed by atoms with Gasteiger partial charge in [0.2, 0.25) is 5.88 Å². The van der Waals surface area contributed by atoms with E-state index in [1.165, 1.54) is 45.5 Å². The lowest BCUT2D eigenvalue weighted by molar-refractivity contribution is 0.414. The lowest BCUT2D eigenvalue weighted by Gasteiger charge is -2.11. The Labute approximate surface area is 184 Å². The molecular formula is C22H20N4O5S. The number of aromatic nitrogens is 1. The summed E-state index contributed by atoms with van der Waals surface area (Å²) in [4.78, 5) is 16.3. The smallest absolute Gasteiger partial charge is 0.271 e. The van der Waals surface area contributed by atoms with Crippen molar-refractivity contribution in [2.75, 3.05) is 11.8 Å². The molecule has 0 fully saturated rings. The number of methoxy groups -OCH3 is 1. The molecule has 10 heteroatoms. The van der Waals surface area contributed by atoms with Crippen LogP contribution < -0.4 is 15.0 Å². The maximum absolute atomic E-state index is 12.7. The topological polar surface area (TPSA) is 134 Å². The Morgan fingerprint density at radius 3 is 2.53 bits per heavy atom. The Hall–Kier alpha value is -4.10. The van der Waals surface area contributed by atoms with Crippen LogP contribution in [0.15, 0.2) is 63.2 Å². The number of para-hydroxylation sites is 1. The summed E-state index contributed by atoms with van der Waals surface area (Å²) in [5.41, 5.74) is 0.458. The molecule has 3 rings (SSSR count). The third-order valence-electron chi connectivity index (χ3n) is 4.79. The van der Waals surface area contributed by atoms with E-state index in [2.05, 4.69) is 9.71 Å². The maximum Gasteiger partial charge on any atom is 0.271 e. The number of anilines is 1. The first-order valence-electron chi connectivity index (χ1n) is 9.32. The molecule has 0 atom stereocenters. The number of pyridine rings is 1. The number of hydrogen-bond acceptors (Lipinski definition) is 7. The predicted molar refractivity (Wildman–Crippen MR) is 120 cm³/mol. The minimum atomic E-state index is -3.86. The molecule has 0 aliphatic heterocycles. The minimum absolute atomic E-state index is 0.0231. The van der Waals surface area contributed by atoms with E-state index in [1.54, 1.807) is 30.3 Å². The van der Waals surface area contributed by atoms with E-state index < -0.39 is 15.6 Å². The van der Waals surface area contributed by atoms with Crippen LogP contribution in [0.2, 0.25) is 0 Å². The van der Waals surface area contributed by atoms with Gasteiger partial charge in [-0.2, -0.15) is 5.26 Å². The van der Waals surface area contributed by atoms with Crippen molar-refractivity contribution in [1.29, 1.82) is 5.26 Å². The number of hydrogen-bond donors (Lipinski definition) is 2. The predicted octanol–water partition coefficient (Wildman–Crippen LogP) is 2.83.